The van der Waals surface area contributed by atoms with E-state index in [1.54, 1.807) is 0 Å². The van der Waals surface area contributed by atoms with Crippen LogP contribution < -0.4 is 11.1 Å². The zero-order valence-corrected chi connectivity index (χ0v) is 15.8. The number of nitrogens with zero attached hydrogens (tertiary/aromatic N) is 1. The maximum Gasteiger partial charge on any atom is 0.447 e. The van der Waals surface area contributed by atoms with Gasteiger partial charge in [0.25, 0.3) is 0 Å². The lowest BCUT2D eigenvalue weighted by molar-refractivity contribution is -0.121. The highest BCUT2D eigenvalue weighted by molar-refractivity contribution is 9.10. The lowest BCUT2D eigenvalue weighted by Crippen LogP contribution is -2.54. The number of fused-ring (bicyclic) bond motifs is 1. The number of pyridine rings is 1. The average Bonchev–Trinajstić information content (AvgIpc) is 2.55. The molecule has 0 saturated heterocycles. The standard InChI is InChI=1S/C17H15BrF3N3OS/c18-12-2-1-11-8-16(22,6-5-10(11)7-12)15(25)24-13-3-4-14(23-9-13)26-17(19,20)21/h1-4,7,9H,5-6,8,22H2,(H,24,25). The summed E-state index contributed by atoms with van der Waals surface area (Å²) in [6.45, 7) is 0. The molecule has 0 aliphatic heterocycles. The molecule has 0 fully saturated rings. The molecule has 138 valence electrons. The molecule has 1 aliphatic rings. The van der Waals surface area contributed by atoms with Gasteiger partial charge in [-0.1, -0.05) is 22.0 Å². The number of alkyl halides is 3. The Morgan fingerprint density at radius 1 is 1.27 bits per heavy atom. The van der Waals surface area contributed by atoms with E-state index in [1.807, 2.05) is 18.2 Å². The third-order valence-corrected chi connectivity index (χ3v) is 5.36. The smallest absolute Gasteiger partial charge is 0.323 e. The van der Waals surface area contributed by atoms with Crippen molar-refractivity contribution in [3.63, 3.8) is 0 Å². The summed E-state index contributed by atoms with van der Waals surface area (Å²) >= 11 is 3.12. The lowest BCUT2D eigenvalue weighted by Gasteiger charge is -2.33. The van der Waals surface area contributed by atoms with Crippen LogP contribution in [0.2, 0.25) is 0 Å². The van der Waals surface area contributed by atoms with Crippen LogP contribution in [0.5, 0.6) is 0 Å². The monoisotopic (exact) mass is 445 g/mol. The molecule has 0 radical (unpaired) electrons. The molecule has 1 aromatic heterocycles. The van der Waals surface area contributed by atoms with Gasteiger partial charge < -0.3 is 11.1 Å². The Labute approximate surface area is 160 Å². The predicted octanol–water partition coefficient (Wildman–Crippen LogP) is 4.28. The van der Waals surface area contributed by atoms with Crippen molar-refractivity contribution in [3.05, 3.63) is 52.1 Å². The molecule has 1 heterocycles. The van der Waals surface area contributed by atoms with Crippen molar-refractivity contribution in [1.82, 2.24) is 4.98 Å². The first-order valence-electron chi connectivity index (χ1n) is 7.74. The molecule has 3 N–H and O–H groups in total. The van der Waals surface area contributed by atoms with E-state index < -0.39 is 11.0 Å². The van der Waals surface area contributed by atoms with Gasteiger partial charge in [0.2, 0.25) is 5.91 Å². The number of carbonyl (C=O) groups excluding carboxylic acids is 1. The first-order valence-corrected chi connectivity index (χ1v) is 9.35. The Kier molecular flexibility index (Phi) is 5.32. The second-order valence-electron chi connectivity index (χ2n) is 6.13. The van der Waals surface area contributed by atoms with E-state index in [1.165, 1.54) is 18.3 Å². The number of anilines is 1. The quantitative estimate of drug-likeness (QED) is 0.691. The van der Waals surface area contributed by atoms with Crippen molar-refractivity contribution >= 4 is 39.3 Å². The van der Waals surface area contributed by atoms with Gasteiger partial charge in [0, 0.05) is 16.2 Å². The number of aromatic nitrogens is 1. The minimum Gasteiger partial charge on any atom is -0.323 e. The van der Waals surface area contributed by atoms with Crippen LogP contribution in [-0.2, 0) is 17.6 Å². The third kappa shape index (κ3) is 4.57. The summed E-state index contributed by atoms with van der Waals surface area (Å²) < 4.78 is 38.0. The van der Waals surface area contributed by atoms with E-state index in [0.717, 1.165) is 15.6 Å². The molecule has 1 atom stereocenters. The summed E-state index contributed by atoms with van der Waals surface area (Å²) in [5.74, 6) is -0.371. The van der Waals surface area contributed by atoms with Crippen molar-refractivity contribution in [1.29, 1.82) is 0 Å². The van der Waals surface area contributed by atoms with Gasteiger partial charge in [-0.05, 0) is 54.7 Å². The van der Waals surface area contributed by atoms with Crippen LogP contribution in [0.4, 0.5) is 18.9 Å². The molecule has 1 aliphatic carbocycles. The number of hydrogen-bond donors (Lipinski definition) is 2. The molecule has 1 unspecified atom stereocenters. The zero-order chi connectivity index (χ0) is 18.9. The second kappa shape index (κ2) is 7.21. The fourth-order valence-corrected chi connectivity index (χ4v) is 3.76. The summed E-state index contributed by atoms with van der Waals surface area (Å²) in [6.07, 6.45) is 2.76. The minimum absolute atomic E-state index is 0.185. The Morgan fingerprint density at radius 3 is 2.69 bits per heavy atom. The number of nitrogens with two attached hydrogens (primary N) is 1. The number of aryl methyl sites for hydroxylation is 1. The van der Waals surface area contributed by atoms with E-state index in [9.17, 15) is 18.0 Å². The summed E-state index contributed by atoms with van der Waals surface area (Å²) in [5.41, 5.74) is 3.34. The molecule has 1 aromatic carbocycles. The van der Waals surface area contributed by atoms with Gasteiger partial charge in [0.1, 0.15) is 10.6 Å². The average molecular weight is 446 g/mol. The molecule has 9 heteroatoms. The van der Waals surface area contributed by atoms with Crippen molar-refractivity contribution in [3.8, 4) is 0 Å². The van der Waals surface area contributed by atoms with E-state index in [0.29, 0.717) is 24.9 Å². The zero-order valence-electron chi connectivity index (χ0n) is 13.4. The molecule has 2 aromatic rings. The van der Waals surface area contributed by atoms with E-state index in [-0.39, 0.29) is 22.7 Å². The number of nitrogens with one attached hydrogen (secondary N) is 1. The molecule has 0 bridgehead atoms. The van der Waals surface area contributed by atoms with Crippen molar-refractivity contribution in [2.75, 3.05) is 5.32 Å². The fraction of sp³-hybridized carbons (Fsp3) is 0.294. The molecule has 1 amide bonds. The molecule has 3 rings (SSSR count). The highest BCUT2D eigenvalue weighted by Crippen LogP contribution is 2.36. The number of hydrogen-bond acceptors (Lipinski definition) is 4. The van der Waals surface area contributed by atoms with Crippen molar-refractivity contribution in [2.45, 2.75) is 35.3 Å². The molecule has 26 heavy (non-hydrogen) atoms. The normalized spacial score (nSPS) is 19.7. The number of thioether (sulfide) groups is 1. The van der Waals surface area contributed by atoms with Gasteiger partial charge in [-0.15, -0.1) is 0 Å². The number of benzene rings is 1. The van der Waals surface area contributed by atoms with E-state index >= 15 is 0 Å². The third-order valence-electron chi connectivity index (χ3n) is 4.18. The van der Waals surface area contributed by atoms with Gasteiger partial charge in [0.15, 0.2) is 0 Å². The van der Waals surface area contributed by atoms with Gasteiger partial charge in [-0.25, -0.2) is 4.98 Å². The first-order chi connectivity index (χ1) is 12.1. The van der Waals surface area contributed by atoms with Gasteiger partial charge >= 0.3 is 5.51 Å². The number of halogens is 4. The maximum absolute atomic E-state index is 12.6. The molecule has 0 spiro atoms. The van der Waals surface area contributed by atoms with Crippen LogP contribution in [0.3, 0.4) is 0 Å². The van der Waals surface area contributed by atoms with Crippen LogP contribution in [0.15, 0.2) is 46.0 Å². The highest BCUT2D eigenvalue weighted by Gasteiger charge is 2.37. The molecule has 4 nitrogen and oxygen atoms in total. The topological polar surface area (TPSA) is 68.0 Å². The number of amides is 1. The highest BCUT2D eigenvalue weighted by atomic mass is 79.9. The van der Waals surface area contributed by atoms with Crippen LogP contribution in [0.25, 0.3) is 0 Å². The van der Waals surface area contributed by atoms with E-state index in [2.05, 4.69) is 26.2 Å². The Hall–Kier alpha value is -1.58. The fourth-order valence-electron chi connectivity index (χ4n) is 2.87. The van der Waals surface area contributed by atoms with Crippen LogP contribution in [0, 0.1) is 0 Å². The summed E-state index contributed by atoms with van der Waals surface area (Å²) in [6, 6.07) is 8.47. The predicted molar refractivity (Wildman–Crippen MR) is 97.9 cm³/mol. The van der Waals surface area contributed by atoms with Crippen LogP contribution >= 0.6 is 27.7 Å². The summed E-state index contributed by atoms with van der Waals surface area (Å²) in [4.78, 5) is 16.3. The lowest BCUT2D eigenvalue weighted by atomic mass is 9.78. The molecular formula is C17H15BrF3N3OS. The second-order valence-corrected chi connectivity index (χ2v) is 8.13. The Balaban J connectivity index is 1.69. The van der Waals surface area contributed by atoms with Crippen LogP contribution in [0.1, 0.15) is 17.5 Å². The maximum atomic E-state index is 12.6. The van der Waals surface area contributed by atoms with Crippen LogP contribution in [-0.4, -0.2) is 21.9 Å². The van der Waals surface area contributed by atoms with E-state index in [4.69, 9.17) is 5.73 Å². The molecule has 0 saturated carbocycles. The first kappa shape index (κ1) is 19.2. The van der Waals surface area contributed by atoms with Gasteiger partial charge in [0.05, 0.1) is 11.9 Å². The molecular weight excluding hydrogens is 431 g/mol. The van der Waals surface area contributed by atoms with Crippen molar-refractivity contribution < 1.29 is 18.0 Å². The summed E-state index contributed by atoms with van der Waals surface area (Å²) in [5, 5.41) is 2.47. The van der Waals surface area contributed by atoms with Crippen molar-refractivity contribution in [2.24, 2.45) is 5.73 Å². The SMILES string of the molecule is NC1(C(=O)Nc2ccc(SC(F)(F)F)nc2)CCc2cc(Br)ccc2C1. The van der Waals surface area contributed by atoms with Gasteiger partial charge in [-0.2, -0.15) is 13.2 Å². The largest absolute Gasteiger partial charge is 0.447 e. The Morgan fingerprint density at radius 2 is 2.04 bits per heavy atom. The van der Waals surface area contributed by atoms with Gasteiger partial charge in [-0.3, -0.25) is 4.79 Å². The number of carbonyl (C=O) groups is 1. The Bertz CT molecular complexity index is 829. The minimum atomic E-state index is -4.40. The summed E-state index contributed by atoms with van der Waals surface area (Å²) in [7, 11) is 0. The number of rotatable bonds is 3.